The summed E-state index contributed by atoms with van der Waals surface area (Å²) in [4.78, 5) is 20.7. The molecule has 4 aliphatic carbocycles. The molecule has 37 heavy (non-hydrogen) atoms. The highest BCUT2D eigenvalue weighted by atomic mass is 16.5. The molecule has 0 aromatic heterocycles. The van der Waals surface area contributed by atoms with E-state index in [1.807, 2.05) is 13.8 Å². The molecule has 7 N–H and O–H groups in total. The Morgan fingerprint density at radius 1 is 1.00 bits per heavy atom. The number of carbonyl (C=O) groups is 2. The zero-order valence-electron chi connectivity index (χ0n) is 22.6. The number of aliphatic hydroxyl groups excluding tert-OH is 1. The van der Waals surface area contributed by atoms with Crippen LogP contribution in [-0.2, 0) is 9.59 Å². The second-order valence-electron chi connectivity index (χ2n) is 12.9. The lowest BCUT2D eigenvalue weighted by molar-refractivity contribution is -0.367. The van der Waals surface area contributed by atoms with Gasteiger partial charge >= 0.3 is 11.9 Å². The summed E-state index contributed by atoms with van der Waals surface area (Å²) in [6.45, 7) is 10.6. The van der Waals surface area contributed by atoms with E-state index in [1.165, 1.54) is 6.92 Å². The van der Waals surface area contributed by atoms with Crippen molar-refractivity contribution in [2.75, 3.05) is 0 Å². The van der Waals surface area contributed by atoms with Gasteiger partial charge in [0, 0.05) is 36.2 Å². The maximum Gasteiger partial charge on any atom is 0.330 e. The standard InChI is InChI=1S/C24H40O7.C4H6O2/c1-13(4-7-19(26)27)16-5-6-17-20-18(12-24(30,31)22(16,17)3)21(2)9-8-15(25)10-14(21)11-23(20,28)29;1-3(2)4(5)6/h13-18,20,25,28-31H,4-12H2,1-3H3,(H,26,27);1H2,2H3,(H,5,6)/t13-,14+,15-,16-,17?,18?,20?,21+,22-;/m1./s1. The van der Waals surface area contributed by atoms with Crippen LogP contribution in [0, 0.1) is 46.3 Å². The van der Waals surface area contributed by atoms with Gasteiger partial charge in [-0.05, 0) is 80.5 Å². The third-order valence-corrected chi connectivity index (χ3v) is 10.9. The maximum absolute atomic E-state index is 11.5. The molecule has 9 nitrogen and oxygen atoms in total. The summed E-state index contributed by atoms with van der Waals surface area (Å²) < 4.78 is 0. The quantitative estimate of drug-likeness (QED) is 0.210. The first-order valence-electron chi connectivity index (χ1n) is 13.6. The SMILES string of the molecule is C=C(C)C(=O)O.C[C@H](CCC(=O)O)[C@H]1CCC2C3C(CC(O)(O)[C@@]21C)[C@@]1(C)CC[C@@H](O)C[C@H]1CC3(O)O. The van der Waals surface area contributed by atoms with E-state index in [0.717, 1.165) is 12.8 Å². The average molecular weight is 527 g/mol. The summed E-state index contributed by atoms with van der Waals surface area (Å²) in [5.41, 5.74) is -1.03. The van der Waals surface area contributed by atoms with Gasteiger partial charge in [-0.1, -0.05) is 27.4 Å². The molecule has 0 heterocycles. The highest BCUT2D eigenvalue weighted by Gasteiger charge is 2.72. The number of carboxylic acids is 2. The summed E-state index contributed by atoms with van der Waals surface area (Å²) in [5.74, 6) is -6.82. The van der Waals surface area contributed by atoms with Crippen LogP contribution in [0.3, 0.4) is 0 Å². The number of hydrogen-bond donors (Lipinski definition) is 7. The Hall–Kier alpha value is -1.52. The fourth-order valence-corrected chi connectivity index (χ4v) is 8.73. The molecule has 3 unspecified atom stereocenters. The van der Waals surface area contributed by atoms with Gasteiger partial charge in [0.15, 0.2) is 11.6 Å². The largest absolute Gasteiger partial charge is 0.481 e. The molecule has 4 fully saturated rings. The Morgan fingerprint density at radius 2 is 1.59 bits per heavy atom. The van der Waals surface area contributed by atoms with Crippen LogP contribution in [0.15, 0.2) is 12.2 Å². The number of aliphatic hydroxyl groups is 5. The monoisotopic (exact) mass is 526 g/mol. The number of aliphatic carboxylic acids is 2. The molecule has 0 spiro atoms. The first kappa shape index (κ1) is 30.0. The molecule has 4 saturated carbocycles. The third-order valence-electron chi connectivity index (χ3n) is 10.9. The summed E-state index contributed by atoms with van der Waals surface area (Å²) in [7, 11) is 0. The predicted octanol–water partition coefficient (Wildman–Crippen LogP) is 2.74. The Bertz CT molecular complexity index is 886. The zero-order valence-corrected chi connectivity index (χ0v) is 22.6. The van der Waals surface area contributed by atoms with Crippen molar-refractivity contribution in [2.45, 2.75) is 103 Å². The normalized spacial score (nSPS) is 42.2. The van der Waals surface area contributed by atoms with Gasteiger partial charge in [0.05, 0.1) is 6.10 Å². The Balaban J connectivity index is 0.000000568. The van der Waals surface area contributed by atoms with Crippen LogP contribution in [0.4, 0.5) is 0 Å². The second-order valence-corrected chi connectivity index (χ2v) is 12.9. The Morgan fingerprint density at radius 3 is 2.14 bits per heavy atom. The van der Waals surface area contributed by atoms with Crippen LogP contribution in [0.5, 0.6) is 0 Å². The molecule has 0 bridgehead atoms. The van der Waals surface area contributed by atoms with Gasteiger partial charge in [-0.15, -0.1) is 0 Å². The van der Waals surface area contributed by atoms with Crippen molar-refractivity contribution in [2.24, 2.45) is 46.3 Å². The molecule has 0 amide bonds. The molecule has 0 radical (unpaired) electrons. The summed E-state index contributed by atoms with van der Waals surface area (Å²) >= 11 is 0. The Kier molecular flexibility index (Phi) is 8.30. The van der Waals surface area contributed by atoms with Gasteiger partial charge in [-0.25, -0.2) is 4.79 Å². The lowest BCUT2D eigenvalue weighted by atomic mass is 9.41. The van der Waals surface area contributed by atoms with Gasteiger partial charge in [0.2, 0.25) is 0 Å². The van der Waals surface area contributed by atoms with Crippen LogP contribution in [0.2, 0.25) is 0 Å². The second kappa shape index (κ2) is 10.2. The minimum Gasteiger partial charge on any atom is -0.481 e. The number of fused-ring (bicyclic) bond motifs is 5. The van der Waals surface area contributed by atoms with Gasteiger partial charge in [-0.3, -0.25) is 4.79 Å². The first-order chi connectivity index (χ1) is 16.9. The van der Waals surface area contributed by atoms with Crippen LogP contribution in [0.25, 0.3) is 0 Å². The minimum atomic E-state index is -1.96. The van der Waals surface area contributed by atoms with Gasteiger partial charge in [0.25, 0.3) is 0 Å². The molecular weight excluding hydrogens is 480 g/mol. The lowest BCUT2D eigenvalue weighted by Crippen LogP contribution is -2.70. The smallest absolute Gasteiger partial charge is 0.330 e. The fraction of sp³-hybridized carbons (Fsp3) is 0.857. The van der Waals surface area contributed by atoms with Crippen molar-refractivity contribution in [3.05, 3.63) is 12.2 Å². The first-order valence-corrected chi connectivity index (χ1v) is 13.6. The van der Waals surface area contributed by atoms with E-state index >= 15 is 0 Å². The molecule has 0 aromatic carbocycles. The lowest BCUT2D eigenvalue weighted by Gasteiger charge is -2.66. The van der Waals surface area contributed by atoms with E-state index in [2.05, 4.69) is 13.5 Å². The van der Waals surface area contributed by atoms with Crippen LogP contribution >= 0.6 is 0 Å². The van der Waals surface area contributed by atoms with E-state index in [1.54, 1.807) is 0 Å². The van der Waals surface area contributed by atoms with E-state index < -0.39 is 40.9 Å². The van der Waals surface area contributed by atoms with Crippen molar-refractivity contribution in [3.8, 4) is 0 Å². The topological polar surface area (TPSA) is 176 Å². The molecule has 0 saturated heterocycles. The third kappa shape index (κ3) is 5.22. The summed E-state index contributed by atoms with van der Waals surface area (Å²) in [5, 5.41) is 72.7. The summed E-state index contributed by atoms with van der Waals surface area (Å²) in [6.07, 6.45) is 3.66. The van der Waals surface area contributed by atoms with Crippen molar-refractivity contribution >= 4 is 11.9 Å². The molecule has 0 aliphatic heterocycles. The molecule has 0 aromatic rings. The van der Waals surface area contributed by atoms with E-state index in [0.29, 0.717) is 25.7 Å². The van der Waals surface area contributed by atoms with Crippen LogP contribution in [0.1, 0.15) is 85.5 Å². The van der Waals surface area contributed by atoms with E-state index in [9.17, 15) is 35.1 Å². The predicted molar refractivity (Wildman–Crippen MR) is 135 cm³/mol. The molecule has 4 rings (SSSR count). The van der Waals surface area contributed by atoms with Gasteiger partial charge in [-0.2, -0.15) is 0 Å². The maximum atomic E-state index is 11.5. The van der Waals surface area contributed by atoms with Gasteiger partial charge < -0.3 is 35.7 Å². The average Bonchev–Trinajstić information content (AvgIpc) is 3.12. The van der Waals surface area contributed by atoms with E-state index in [4.69, 9.17) is 10.2 Å². The van der Waals surface area contributed by atoms with E-state index in [-0.39, 0.29) is 59.8 Å². The van der Waals surface area contributed by atoms with Crippen molar-refractivity contribution in [3.63, 3.8) is 0 Å². The fourth-order valence-electron chi connectivity index (χ4n) is 8.73. The zero-order chi connectivity index (χ0) is 28.1. The number of rotatable bonds is 5. The summed E-state index contributed by atoms with van der Waals surface area (Å²) in [6, 6.07) is 0. The van der Waals surface area contributed by atoms with Crippen LogP contribution in [-0.4, -0.2) is 65.4 Å². The number of carboxylic acid groups (broad SMARTS) is 2. The van der Waals surface area contributed by atoms with Crippen molar-refractivity contribution < 1.29 is 45.3 Å². The molecule has 212 valence electrons. The molecular formula is C28H46O9. The molecule has 9 heteroatoms. The van der Waals surface area contributed by atoms with Gasteiger partial charge in [0.1, 0.15) is 0 Å². The molecule has 9 atom stereocenters. The van der Waals surface area contributed by atoms with Crippen molar-refractivity contribution in [1.29, 1.82) is 0 Å². The highest BCUT2D eigenvalue weighted by Crippen LogP contribution is 2.71. The van der Waals surface area contributed by atoms with Crippen molar-refractivity contribution in [1.82, 2.24) is 0 Å². The minimum absolute atomic E-state index is 0.00939. The Labute approximate surface area is 219 Å². The molecule has 4 aliphatic rings. The highest BCUT2D eigenvalue weighted by molar-refractivity contribution is 5.84. The number of hydrogen-bond acceptors (Lipinski definition) is 7. The van der Waals surface area contributed by atoms with Crippen LogP contribution < -0.4 is 0 Å².